The summed E-state index contributed by atoms with van der Waals surface area (Å²) in [6.45, 7) is 3.49. The predicted octanol–water partition coefficient (Wildman–Crippen LogP) is 2.37. The maximum atomic E-state index is 12.5. The van der Waals surface area contributed by atoms with E-state index in [-0.39, 0.29) is 0 Å². The predicted molar refractivity (Wildman–Crippen MR) is 86.3 cm³/mol. The topological polar surface area (TPSA) is 80.3 Å². The van der Waals surface area contributed by atoms with Crippen molar-refractivity contribution in [3.05, 3.63) is 48.2 Å². The number of carbonyl (C=O) groups is 2. The van der Waals surface area contributed by atoms with E-state index in [1.807, 2.05) is 12.1 Å². The van der Waals surface area contributed by atoms with Crippen LogP contribution >= 0.6 is 0 Å². The quantitative estimate of drug-likeness (QED) is 0.853. The number of rotatable bonds is 3. The summed E-state index contributed by atoms with van der Waals surface area (Å²) in [5.74, 6) is -0.402. The third kappa shape index (κ3) is 2.75. The van der Waals surface area contributed by atoms with Gasteiger partial charge in [-0.3, -0.25) is 9.59 Å². The van der Waals surface area contributed by atoms with E-state index < -0.39 is 17.4 Å². The molecule has 0 saturated heterocycles. The molecule has 2 N–H and O–H groups in total. The highest BCUT2D eigenvalue weighted by Gasteiger charge is 2.47. The molecule has 2 aromatic rings. The molecule has 0 bridgehead atoms. The molecule has 0 spiro atoms. The van der Waals surface area contributed by atoms with Gasteiger partial charge in [-0.25, -0.2) is 4.98 Å². The summed E-state index contributed by atoms with van der Waals surface area (Å²) < 4.78 is 5.62. The second kappa shape index (κ2) is 5.72. The summed E-state index contributed by atoms with van der Waals surface area (Å²) in [5, 5.41) is 5.32. The van der Waals surface area contributed by atoms with Gasteiger partial charge in [0.1, 0.15) is 0 Å². The lowest BCUT2D eigenvalue weighted by Crippen LogP contribution is -2.56. The first kappa shape index (κ1) is 15.0. The Labute approximate surface area is 133 Å². The Morgan fingerprint density at radius 2 is 2.04 bits per heavy atom. The van der Waals surface area contributed by atoms with Crippen LogP contribution in [0.25, 0.3) is 0 Å². The number of benzene rings is 1. The van der Waals surface area contributed by atoms with Crippen LogP contribution in [0.4, 0.5) is 11.5 Å². The molecule has 0 unspecified atom stereocenters. The zero-order chi connectivity index (χ0) is 16.4. The van der Waals surface area contributed by atoms with Gasteiger partial charge in [0.15, 0.2) is 11.6 Å². The van der Waals surface area contributed by atoms with Crippen molar-refractivity contribution in [2.24, 2.45) is 0 Å². The number of nitrogens with zero attached hydrogens (tertiary/aromatic N) is 1. The van der Waals surface area contributed by atoms with Gasteiger partial charge < -0.3 is 15.4 Å². The van der Waals surface area contributed by atoms with Crippen molar-refractivity contribution in [1.29, 1.82) is 0 Å². The molecule has 0 aliphatic carbocycles. The van der Waals surface area contributed by atoms with Gasteiger partial charge in [-0.15, -0.1) is 0 Å². The van der Waals surface area contributed by atoms with Crippen LogP contribution in [0.3, 0.4) is 0 Å². The van der Waals surface area contributed by atoms with Crippen LogP contribution in [0.2, 0.25) is 0 Å². The first-order chi connectivity index (χ1) is 11.0. The lowest BCUT2D eigenvalue weighted by Gasteiger charge is -2.32. The molecule has 0 fully saturated rings. The molecular formula is C17H17N3O3. The zero-order valence-electron chi connectivity index (χ0n) is 12.9. The van der Waals surface area contributed by atoms with Crippen molar-refractivity contribution in [2.45, 2.75) is 25.9 Å². The fourth-order valence-electron chi connectivity index (χ4n) is 2.28. The van der Waals surface area contributed by atoms with Crippen LogP contribution in [0.15, 0.2) is 42.6 Å². The minimum Gasteiger partial charge on any atom is -0.464 e. The van der Waals surface area contributed by atoms with Crippen molar-refractivity contribution in [3.8, 4) is 5.75 Å². The number of aromatic nitrogens is 1. The Morgan fingerprint density at radius 1 is 1.30 bits per heavy atom. The Morgan fingerprint density at radius 3 is 2.74 bits per heavy atom. The van der Waals surface area contributed by atoms with Gasteiger partial charge >= 0.3 is 0 Å². The van der Waals surface area contributed by atoms with Crippen molar-refractivity contribution in [1.82, 2.24) is 4.98 Å². The third-order valence-corrected chi connectivity index (χ3v) is 3.80. The molecule has 2 heterocycles. The van der Waals surface area contributed by atoms with Gasteiger partial charge in [0.25, 0.3) is 17.4 Å². The summed E-state index contributed by atoms with van der Waals surface area (Å²) in [7, 11) is 0. The number of hydrogen-bond donors (Lipinski definition) is 2. The van der Waals surface area contributed by atoms with Crippen LogP contribution in [0, 0.1) is 0 Å². The SMILES string of the molecule is CCc1ccc(NC(=O)[C@]2(C)Oc3cccnc3NC2=O)cc1. The minimum atomic E-state index is -1.65. The van der Waals surface area contributed by atoms with Gasteiger partial charge in [-0.05, 0) is 43.2 Å². The second-order valence-electron chi connectivity index (χ2n) is 5.44. The number of pyridine rings is 1. The van der Waals surface area contributed by atoms with Gasteiger partial charge in [-0.2, -0.15) is 0 Å². The Hall–Kier alpha value is -2.89. The number of aryl methyl sites for hydroxylation is 1. The molecule has 118 valence electrons. The molecule has 1 aromatic heterocycles. The van der Waals surface area contributed by atoms with E-state index >= 15 is 0 Å². The Bertz CT molecular complexity index is 758. The number of anilines is 2. The average molecular weight is 311 g/mol. The molecule has 0 radical (unpaired) electrons. The normalized spacial score (nSPS) is 19.3. The molecule has 2 amide bonds. The second-order valence-corrected chi connectivity index (χ2v) is 5.44. The highest BCUT2D eigenvalue weighted by Crippen LogP contribution is 2.32. The summed E-state index contributed by atoms with van der Waals surface area (Å²) in [6, 6.07) is 10.8. The van der Waals surface area contributed by atoms with Crippen molar-refractivity contribution in [3.63, 3.8) is 0 Å². The van der Waals surface area contributed by atoms with Crippen LogP contribution in [0.1, 0.15) is 19.4 Å². The molecule has 6 nitrogen and oxygen atoms in total. The fourth-order valence-corrected chi connectivity index (χ4v) is 2.28. The molecule has 23 heavy (non-hydrogen) atoms. The van der Waals surface area contributed by atoms with Gasteiger partial charge in [0.05, 0.1) is 0 Å². The monoisotopic (exact) mass is 311 g/mol. The summed E-state index contributed by atoms with van der Waals surface area (Å²) in [5.41, 5.74) is 0.127. The van der Waals surface area contributed by atoms with Crippen LogP contribution in [-0.2, 0) is 16.0 Å². The van der Waals surface area contributed by atoms with E-state index in [2.05, 4.69) is 22.5 Å². The Kier molecular flexibility index (Phi) is 3.73. The molecule has 1 aliphatic heterocycles. The van der Waals surface area contributed by atoms with Gasteiger partial charge in [0, 0.05) is 11.9 Å². The van der Waals surface area contributed by atoms with Gasteiger partial charge in [-0.1, -0.05) is 19.1 Å². The summed E-state index contributed by atoms with van der Waals surface area (Å²) in [6.07, 6.45) is 2.46. The molecule has 1 atom stereocenters. The maximum Gasteiger partial charge on any atom is 0.279 e. The van der Waals surface area contributed by atoms with Crippen molar-refractivity contribution in [2.75, 3.05) is 10.6 Å². The highest BCUT2D eigenvalue weighted by atomic mass is 16.5. The molecule has 0 saturated carbocycles. The van der Waals surface area contributed by atoms with E-state index in [0.717, 1.165) is 6.42 Å². The first-order valence-corrected chi connectivity index (χ1v) is 7.39. The van der Waals surface area contributed by atoms with Gasteiger partial charge in [0.2, 0.25) is 0 Å². The van der Waals surface area contributed by atoms with Crippen LogP contribution in [0.5, 0.6) is 5.75 Å². The third-order valence-electron chi connectivity index (χ3n) is 3.80. The van der Waals surface area contributed by atoms with E-state index in [4.69, 9.17) is 4.74 Å². The smallest absolute Gasteiger partial charge is 0.279 e. The summed E-state index contributed by atoms with van der Waals surface area (Å²) in [4.78, 5) is 28.8. The maximum absolute atomic E-state index is 12.5. The van der Waals surface area contributed by atoms with Crippen LogP contribution in [-0.4, -0.2) is 22.4 Å². The highest BCUT2D eigenvalue weighted by molar-refractivity contribution is 6.18. The lowest BCUT2D eigenvalue weighted by atomic mass is 10.0. The van der Waals surface area contributed by atoms with E-state index in [1.165, 1.54) is 12.5 Å². The first-order valence-electron chi connectivity index (χ1n) is 7.39. The van der Waals surface area contributed by atoms with E-state index in [0.29, 0.717) is 17.3 Å². The molecule has 1 aromatic carbocycles. The standard InChI is InChI=1S/C17H17N3O3/c1-3-11-6-8-12(9-7-11)19-15(21)17(2)16(22)20-14-13(23-17)5-4-10-18-14/h4-10H,3H2,1-2H3,(H,19,21)(H,18,20,22)/t17-/m0/s1. The molecule has 6 heteroatoms. The number of carbonyl (C=O) groups excluding carboxylic acids is 2. The van der Waals surface area contributed by atoms with Crippen molar-refractivity contribution < 1.29 is 14.3 Å². The average Bonchev–Trinajstić information content (AvgIpc) is 2.56. The fraction of sp³-hybridized carbons (Fsp3) is 0.235. The molecular weight excluding hydrogens is 294 g/mol. The molecule has 1 aliphatic rings. The van der Waals surface area contributed by atoms with Crippen molar-refractivity contribution >= 4 is 23.3 Å². The number of ether oxygens (including phenoxy) is 1. The minimum absolute atomic E-state index is 0.315. The van der Waals surface area contributed by atoms with E-state index in [9.17, 15) is 9.59 Å². The number of fused-ring (bicyclic) bond motifs is 1. The lowest BCUT2D eigenvalue weighted by molar-refractivity contribution is -0.143. The summed E-state index contributed by atoms with van der Waals surface area (Å²) >= 11 is 0. The molecule has 3 rings (SSSR count). The number of amides is 2. The Balaban J connectivity index is 1.81. The zero-order valence-corrected chi connectivity index (χ0v) is 12.9. The van der Waals surface area contributed by atoms with E-state index in [1.54, 1.807) is 30.5 Å². The number of nitrogens with one attached hydrogen (secondary N) is 2. The number of hydrogen-bond acceptors (Lipinski definition) is 4. The largest absolute Gasteiger partial charge is 0.464 e. The van der Waals surface area contributed by atoms with Crippen LogP contribution < -0.4 is 15.4 Å².